The molecular formula is C44H33N. The fourth-order valence-corrected chi connectivity index (χ4v) is 6.51. The molecule has 0 N–H and O–H groups in total. The molecule has 7 aromatic carbocycles. The maximum atomic E-state index is 2.38. The quantitative estimate of drug-likeness (QED) is 0.178. The first-order chi connectivity index (χ1) is 22.3. The highest BCUT2D eigenvalue weighted by molar-refractivity contribution is 6.10. The minimum atomic E-state index is 1.03. The van der Waals surface area contributed by atoms with Crippen molar-refractivity contribution >= 4 is 21.8 Å². The normalized spacial score (nSPS) is 11.3. The van der Waals surface area contributed by atoms with E-state index in [2.05, 4.69) is 180 Å². The van der Waals surface area contributed by atoms with Crippen LogP contribution in [0.1, 0.15) is 11.1 Å². The third-order valence-corrected chi connectivity index (χ3v) is 8.96. The number of aryl methyl sites for hydroxylation is 2. The summed E-state index contributed by atoms with van der Waals surface area (Å²) in [5.74, 6) is 0. The maximum absolute atomic E-state index is 2.38. The molecule has 0 bridgehead atoms. The second-order valence-electron chi connectivity index (χ2n) is 11.8. The number of benzene rings is 7. The Kier molecular flexibility index (Phi) is 7.05. The van der Waals surface area contributed by atoms with Crippen LogP contribution in [-0.2, 0) is 12.8 Å². The Bertz CT molecular complexity index is 2210. The smallest absolute Gasteiger partial charge is 0.0547 e. The van der Waals surface area contributed by atoms with Gasteiger partial charge in [-0.15, -0.1) is 0 Å². The van der Waals surface area contributed by atoms with Crippen molar-refractivity contribution in [3.63, 3.8) is 0 Å². The molecule has 0 aliphatic carbocycles. The van der Waals surface area contributed by atoms with Gasteiger partial charge in [0.25, 0.3) is 0 Å². The van der Waals surface area contributed by atoms with Gasteiger partial charge in [0, 0.05) is 16.5 Å². The van der Waals surface area contributed by atoms with Gasteiger partial charge in [-0.1, -0.05) is 152 Å². The van der Waals surface area contributed by atoms with Crippen LogP contribution >= 0.6 is 0 Å². The van der Waals surface area contributed by atoms with Crippen LogP contribution in [0.2, 0.25) is 0 Å². The number of hydrogen-bond acceptors (Lipinski definition) is 0. The topological polar surface area (TPSA) is 4.93 Å². The van der Waals surface area contributed by atoms with Crippen molar-refractivity contribution in [3.8, 4) is 39.1 Å². The van der Waals surface area contributed by atoms with E-state index in [4.69, 9.17) is 0 Å². The van der Waals surface area contributed by atoms with Crippen LogP contribution in [-0.4, -0.2) is 4.57 Å². The standard InChI is InChI=1S/C44H33N/c1-3-9-34(10-4-1)35-21-17-32(18-22-35)15-16-33-19-23-36(24-20-33)37-25-27-38(28-26-37)39-29-30-42-41-13-7-8-14-43(41)45(44(42)31-39)40-11-5-2-6-12-40/h1-14,17-31H,15-16H2. The van der Waals surface area contributed by atoms with Crippen LogP contribution in [0.15, 0.2) is 176 Å². The van der Waals surface area contributed by atoms with E-state index < -0.39 is 0 Å². The highest BCUT2D eigenvalue weighted by atomic mass is 15.0. The molecule has 214 valence electrons. The molecule has 45 heavy (non-hydrogen) atoms. The number of aromatic nitrogens is 1. The SMILES string of the molecule is c1ccc(-c2ccc(CCc3ccc(-c4ccc(-c5ccc6c7ccccc7n(-c7ccccc7)c6c5)cc4)cc3)cc2)cc1. The van der Waals surface area contributed by atoms with Crippen LogP contribution in [0.3, 0.4) is 0 Å². The molecule has 0 spiro atoms. The molecule has 8 rings (SSSR count). The van der Waals surface area contributed by atoms with Crippen molar-refractivity contribution in [2.45, 2.75) is 12.8 Å². The van der Waals surface area contributed by atoms with Crippen LogP contribution in [0.25, 0.3) is 60.9 Å². The monoisotopic (exact) mass is 575 g/mol. The number of nitrogens with zero attached hydrogens (tertiary/aromatic N) is 1. The summed E-state index contributed by atoms with van der Waals surface area (Å²) in [5, 5.41) is 2.56. The van der Waals surface area contributed by atoms with Crippen LogP contribution < -0.4 is 0 Å². The summed E-state index contributed by atoms with van der Waals surface area (Å²) in [5.41, 5.74) is 13.8. The maximum Gasteiger partial charge on any atom is 0.0547 e. The number of fused-ring (bicyclic) bond motifs is 3. The molecule has 8 aromatic rings. The van der Waals surface area contributed by atoms with Crippen LogP contribution in [0.4, 0.5) is 0 Å². The fourth-order valence-electron chi connectivity index (χ4n) is 6.51. The van der Waals surface area contributed by atoms with E-state index in [1.807, 2.05) is 0 Å². The van der Waals surface area contributed by atoms with Crippen molar-refractivity contribution in [2.75, 3.05) is 0 Å². The molecule has 0 atom stereocenters. The zero-order chi connectivity index (χ0) is 30.0. The molecule has 0 fully saturated rings. The molecule has 1 heterocycles. The molecule has 1 nitrogen and oxygen atoms in total. The van der Waals surface area contributed by atoms with E-state index in [0.29, 0.717) is 0 Å². The van der Waals surface area contributed by atoms with Gasteiger partial charge in [0.05, 0.1) is 11.0 Å². The van der Waals surface area contributed by atoms with Gasteiger partial charge in [-0.3, -0.25) is 0 Å². The highest BCUT2D eigenvalue weighted by Gasteiger charge is 2.13. The Morgan fingerprint density at radius 3 is 1.33 bits per heavy atom. The zero-order valence-corrected chi connectivity index (χ0v) is 25.1. The number of rotatable bonds is 7. The molecule has 0 saturated carbocycles. The van der Waals surface area contributed by atoms with Gasteiger partial charge in [0.2, 0.25) is 0 Å². The van der Waals surface area contributed by atoms with E-state index in [-0.39, 0.29) is 0 Å². The summed E-state index contributed by atoms with van der Waals surface area (Å²) < 4.78 is 2.38. The third kappa shape index (κ3) is 5.34. The van der Waals surface area contributed by atoms with Gasteiger partial charge < -0.3 is 4.57 Å². The molecule has 0 unspecified atom stereocenters. The predicted molar refractivity (Wildman–Crippen MR) is 191 cm³/mol. The summed E-state index contributed by atoms with van der Waals surface area (Å²) in [7, 11) is 0. The minimum absolute atomic E-state index is 1.03. The summed E-state index contributed by atoms with van der Waals surface area (Å²) in [4.78, 5) is 0. The second-order valence-corrected chi connectivity index (χ2v) is 11.8. The average Bonchev–Trinajstić information content (AvgIpc) is 3.46. The zero-order valence-electron chi connectivity index (χ0n) is 25.1. The highest BCUT2D eigenvalue weighted by Crippen LogP contribution is 2.35. The summed E-state index contributed by atoms with van der Waals surface area (Å²) >= 11 is 0. The van der Waals surface area contributed by atoms with Crippen molar-refractivity contribution in [2.24, 2.45) is 0 Å². The Hall–Kier alpha value is -5.66. The average molecular weight is 576 g/mol. The van der Waals surface area contributed by atoms with Gasteiger partial charge in [-0.25, -0.2) is 0 Å². The van der Waals surface area contributed by atoms with E-state index in [9.17, 15) is 0 Å². The largest absolute Gasteiger partial charge is 0.309 e. The molecule has 0 radical (unpaired) electrons. The number of hydrogen-bond donors (Lipinski definition) is 0. The summed E-state index contributed by atoms with van der Waals surface area (Å²) in [6.07, 6.45) is 2.07. The van der Waals surface area contributed by atoms with Gasteiger partial charge in [0.15, 0.2) is 0 Å². The van der Waals surface area contributed by atoms with Gasteiger partial charge in [0.1, 0.15) is 0 Å². The van der Waals surface area contributed by atoms with Gasteiger partial charge in [-0.05, 0) is 81.6 Å². The first-order valence-electron chi connectivity index (χ1n) is 15.7. The minimum Gasteiger partial charge on any atom is -0.309 e. The Morgan fingerprint density at radius 2 is 0.733 bits per heavy atom. The lowest BCUT2D eigenvalue weighted by molar-refractivity contribution is 0.961. The Labute approximate surface area is 264 Å². The third-order valence-electron chi connectivity index (χ3n) is 8.96. The van der Waals surface area contributed by atoms with Crippen LogP contribution in [0.5, 0.6) is 0 Å². The predicted octanol–water partition coefficient (Wildman–Crippen LogP) is 11.6. The Morgan fingerprint density at radius 1 is 0.311 bits per heavy atom. The van der Waals surface area contributed by atoms with E-state index in [1.54, 1.807) is 0 Å². The van der Waals surface area contributed by atoms with Crippen molar-refractivity contribution in [3.05, 3.63) is 187 Å². The van der Waals surface area contributed by atoms with E-state index >= 15 is 0 Å². The van der Waals surface area contributed by atoms with E-state index in [1.165, 1.54) is 72.0 Å². The Balaban J connectivity index is 0.998. The van der Waals surface area contributed by atoms with E-state index in [0.717, 1.165) is 12.8 Å². The molecule has 0 aliphatic rings. The number of para-hydroxylation sites is 2. The lowest BCUT2D eigenvalue weighted by atomic mass is 9.97. The molecule has 0 aliphatic heterocycles. The lowest BCUT2D eigenvalue weighted by Gasteiger charge is -2.10. The lowest BCUT2D eigenvalue weighted by Crippen LogP contribution is -1.93. The summed E-state index contributed by atoms with van der Waals surface area (Å²) in [6.45, 7) is 0. The van der Waals surface area contributed by atoms with Crippen molar-refractivity contribution < 1.29 is 0 Å². The van der Waals surface area contributed by atoms with Crippen molar-refractivity contribution in [1.29, 1.82) is 0 Å². The first-order valence-corrected chi connectivity index (χ1v) is 15.7. The molecule has 0 saturated heterocycles. The second kappa shape index (κ2) is 11.8. The molecule has 1 aromatic heterocycles. The van der Waals surface area contributed by atoms with Gasteiger partial charge >= 0.3 is 0 Å². The van der Waals surface area contributed by atoms with Crippen molar-refractivity contribution in [1.82, 2.24) is 4.57 Å². The van der Waals surface area contributed by atoms with Crippen LogP contribution in [0, 0.1) is 0 Å². The van der Waals surface area contributed by atoms with Gasteiger partial charge in [-0.2, -0.15) is 0 Å². The molecule has 0 amide bonds. The first kappa shape index (κ1) is 26.9. The summed E-state index contributed by atoms with van der Waals surface area (Å²) in [6, 6.07) is 63.8. The molecular weight excluding hydrogens is 542 g/mol. The molecule has 1 heteroatoms. The fraction of sp³-hybridized carbons (Fsp3) is 0.0455.